The predicted octanol–water partition coefficient (Wildman–Crippen LogP) is 2.22. The Kier molecular flexibility index (Phi) is 5.43. The van der Waals surface area contributed by atoms with Gasteiger partial charge in [0.2, 0.25) is 12.0 Å². The molecular weight excluding hydrogens is 401 g/mol. The Morgan fingerprint density at radius 2 is 2.00 bits per heavy atom. The quantitative estimate of drug-likeness (QED) is 0.606. The fraction of sp³-hybridized carbons (Fsp3) is 0.312. The number of benzene rings is 1. The number of methoxy groups -OCH3 is 1. The van der Waals surface area contributed by atoms with Crippen molar-refractivity contribution in [1.29, 1.82) is 5.26 Å². The number of alkyl halides is 3. The SMILES string of the molecule is COc1c(C(=O)c2c(C)[nH]n(C)c2=O)ccc(C(F)(F)F)c1S(C)(=O)=NC#N. The van der Waals surface area contributed by atoms with Crippen molar-refractivity contribution in [3.05, 3.63) is 44.9 Å². The summed E-state index contributed by atoms with van der Waals surface area (Å²) in [5.74, 6) is -1.58. The van der Waals surface area contributed by atoms with Crippen LogP contribution < -0.4 is 10.3 Å². The molecule has 12 heteroatoms. The second kappa shape index (κ2) is 7.16. The highest BCUT2D eigenvalue weighted by molar-refractivity contribution is 7.93. The molecule has 1 aromatic carbocycles. The van der Waals surface area contributed by atoms with Crippen molar-refractivity contribution in [2.24, 2.45) is 11.4 Å². The van der Waals surface area contributed by atoms with Crippen molar-refractivity contribution >= 4 is 15.5 Å². The third-order valence-corrected chi connectivity index (χ3v) is 5.51. The van der Waals surface area contributed by atoms with Crippen molar-refractivity contribution in [2.75, 3.05) is 13.4 Å². The standard InChI is InChI=1S/C16H15F3N4O4S/c1-8-11(15(25)23(2)22-8)12(24)9-5-6-10(16(17,18)19)14(13(9)27-3)28(4,26)21-7-20/h5-6,22H,1-4H3. The maximum Gasteiger partial charge on any atom is 0.417 e. The highest BCUT2D eigenvalue weighted by atomic mass is 32.2. The largest absolute Gasteiger partial charge is 0.495 e. The minimum absolute atomic E-state index is 0.194. The molecular formula is C16H15F3N4O4S. The monoisotopic (exact) mass is 416 g/mol. The zero-order valence-corrected chi connectivity index (χ0v) is 16.0. The van der Waals surface area contributed by atoms with E-state index in [2.05, 4.69) is 9.46 Å². The van der Waals surface area contributed by atoms with Crippen molar-refractivity contribution in [2.45, 2.75) is 18.0 Å². The highest BCUT2D eigenvalue weighted by Gasteiger charge is 2.39. The lowest BCUT2D eigenvalue weighted by Crippen LogP contribution is -2.21. The number of ketones is 1. The maximum absolute atomic E-state index is 13.5. The van der Waals surface area contributed by atoms with Gasteiger partial charge in [-0.15, -0.1) is 4.36 Å². The normalized spacial score (nSPS) is 13.5. The van der Waals surface area contributed by atoms with E-state index in [-0.39, 0.29) is 11.3 Å². The predicted molar refractivity (Wildman–Crippen MR) is 92.6 cm³/mol. The third-order valence-electron chi connectivity index (χ3n) is 3.92. The van der Waals surface area contributed by atoms with Gasteiger partial charge in [0.15, 0.2) is 0 Å². The van der Waals surface area contributed by atoms with Gasteiger partial charge >= 0.3 is 6.18 Å². The first-order valence-corrected chi connectivity index (χ1v) is 9.47. The van der Waals surface area contributed by atoms with Crippen LogP contribution in [0.15, 0.2) is 26.2 Å². The molecule has 150 valence electrons. The molecule has 0 saturated carbocycles. The van der Waals surface area contributed by atoms with Crippen LogP contribution >= 0.6 is 0 Å². The van der Waals surface area contributed by atoms with E-state index in [1.54, 1.807) is 0 Å². The van der Waals surface area contributed by atoms with Gasteiger partial charge in [-0.1, -0.05) is 0 Å². The molecule has 1 aromatic heterocycles. The summed E-state index contributed by atoms with van der Waals surface area (Å²) in [6.07, 6.45) is -2.90. The van der Waals surface area contributed by atoms with Gasteiger partial charge in [-0.25, -0.2) is 4.21 Å². The van der Waals surface area contributed by atoms with Gasteiger partial charge in [0, 0.05) is 19.0 Å². The Labute approximate surface area is 157 Å². The van der Waals surface area contributed by atoms with Crippen LogP contribution in [0.1, 0.15) is 27.2 Å². The zero-order valence-electron chi connectivity index (χ0n) is 15.2. The van der Waals surface area contributed by atoms with Crippen LogP contribution in [-0.4, -0.2) is 33.1 Å². The van der Waals surface area contributed by atoms with E-state index in [1.807, 2.05) is 0 Å². The molecule has 0 radical (unpaired) electrons. The summed E-state index contributed by atoms with van der Waals surface area (Å²) in [5.41, 5.74) is -2.56. The lowest BCUT2D eigenvalue weighted by molar-refractivity contribution is -0.140. The topological polar surface area (TPSA) is 117 Å². The van der Waals surface area contributed by atoms with Gasteiger partial charge in [-0.05, 0) is 19.1 Å². The number of ether oxygens (including phenoxy) is 1. The maximum atomic E-state index is 13.5. The molecule has 2 aromatic rings. The highest BCUT2D eigenvalue weighted by Crippen LogP contribution is 2.41. The van der Waals surface area contributed by atoms with Crippen LogP contribution in [0.25, 0.3) is 0 Å². The number of nitriles is 1. The van der Waals surface area contributed by atoms with Gasteiger partial charge in [0.25, 0.3) is 5.56 Å². The second-order valence-electron chi connectivity index (χ2n) is 5.82. The molecule has 0 aliphatic heterocycles. The minimum atomic E-state index is -4.95. The summed E-state index contributed by atoms with van der Waals surface area (Å²) in [7, 11) is -1.54. The van der Waals surface area contributed by atoms with E-state index < -0.39 is 49.0 Å². The van der Waals surface area contributed by atoms with Crippen molar-refractivity contribution in [3.8, 4) is 11.9 Å². The second-order valence-corrected chi connectivity index (χ2v) is 8.02. The Hall–Kier alpha value is -3.07. The number of aromatic nitrogens is 2. The number of carbonyl (C=O) groups is 1. The molecule has 0 saturated heterocycles. The van der Waals surface area contributed by atoms with Crippen molar-refractivity contribution < 1.29 is 26.9 Å². The summed E-state index contributed by atoms with van der Waals surface area (Å²) in [6.45, 7) is 1.44. The van der Waals surface area contributed by atoms with E-state index in [0.717, 1.165) is 24.1 Å². The third kappa shape index (κ3) is 3.53. The summed E-state index contributed by atoms with van der Waals surface area (Å²) < 4.78 is 62.3. The molecule has 0 bridgehead atoms. The lowest BCUT2D eigenvalue weighted by Gasteiger charge is -2.19. The van der Waals surface area contributed by atoms with Gasteiger partial charge < -0.3 is 4.74 Å². The summed E-state index contributed by atoms with van der Waals surface area (Å²) in [4.78, 5) is 24.2. The Morgan fingerprint density at radius 1 is 1.39 bits per heavy atom. The first-order chi connectivity index (χ1) is 12.9. The first kappa shape index (κ1) is 21.2. The van der Waals surface area contributed by atoms with Crippen LogP contribution in [0.4, 0.5) is 13.2 Å². The number of hydrogen-bond acceptors (Lipinski definition) is 6. The van der Waals surface area contributed by atoms with Crippen LogP contribution in [0.2, 0.25) is 0 Å². The summed E-state index contributed by atoms with van der Waals surface area (Å²) >= 11 is 0. The molecule has 1 heterocycles. The van der Waals surface area contributed by atoms with E-state index in [4.69, 9.17) is 10.00 Å². The number of nitrogens with one attached hydrogen (secondary N) is 1. The summed E-state index contributed by atoms with van der Waals surface area (Å²) in [5, 5.41) is 11.3. The molecule has 1 unspecified atom stereocenters. The molecule has 1 atom stereocenters. The average Bonchev–Trinajstić information content (AvgIpc) is 2.84. The van der Waals surface area contributed by atoms with Crippen molar-refractivity contribution in [3.63, 3.8) is 0 Å². The van der Waals surface area contributed by atoms with Crippen LogP contribution in [0, 0.1) is 18.4 Å². The number of carbonyl (C=O) groups excluding carboxylic acids is 1. The van der Waals surface area contributed by atoms with Crippen LogP contribution in [0.3, 0.4) is 0 Å². The Balaban J connectivity index is 2.95. The van der Waals surface area contributed by atoms with E-state index in [1.165, 1.54) is 20.2 Å². The lowest BCUT2D eigenvalue weighted by atomic mass is 10.0. The molecule has 0 amide bonds. The molecule has 0 aliphatic carbocycles. The van der Waals surface area contributed by atoms with Gasteiger partial charge in [-0.3, -0.25) is 19.4 Å². The first-order valence-electron chi connectivity index (χ1n) is 7.55. The molecule has 0 fully saturated rings. The number of rotatable bonds is 4. The van der Waals surface area contributed by atoms with Crippen LogP contribution in [-0.2, 0) is 23.0 Å². The van der Waals surface area contributed by atoms with E-state index in [9.17, 15) is 27.0 Å². The number of H-pyrrole nitrogens is 1. The molecule has 2 rings (SSSR count). The molecule has 28 heavy (non-hydrogen) atoms. The van der Waals surface area contributed by atoms with Crippen LogP contribution in [0.5, 0.6) is 5.75 Å². The van der Waals surface area contributed by atoms with Gasteiger partial charge in [-0.2, -0.15) is 18.4 Å². The van der Waals surface area contributed by atoms with E-state index in [0.29, 0.717) is 6.07 Å². The minimum Gasteiger partial charge on any atom is -0.495 e. The molecule has 0 spiro atoms. The molecule has 8 nitrogen and oxygen atoms in total. The summed E-state index contributed by atoms with van der Waals surface area (Å²) in [6, 6.07) is 1.38. The Morgan fingerprint density at radius 3 is 2.43 bits per heavy atom. The number of nitrogens with zero attached hydrogens (tertiary/aromatic N) is 3. The van der Waals surface area contributed by atoms with E-state index >= 15 is 0 Å². The number of halogens is 3. The number of hydrogen-bond donors (Lipinski definition) is 1. The average molecular weight is 416 g/mol. The molecule has 1 N–H and O–H groups in total. The zero-order chi connectivity index (χ0) is 21.4. The van der Waals surface area contributed by atoms with Gasteiger partial charge in [0.05, 0.1) is 28.0 Å². The van der Waals surface area contributed by atoms with Gasteiger partial charge in [0.1, 0.15) is 16.2 Å². The Bertz CT molecular complexity index is 1180. The molecule has 0 aliphatic rings. The number of aryl methyl sites for hydroxylation is 2. The number of aromatic amines is 1. The fourth-order valence-corrected chi connectivity index (χ4v) is 4.13. The smallest absolute Gasteiger partial charge is 0.417 e. The van der Waals surface area contributed by atoms with Crippen molar-refractivity contribution in [1.82, 2.24) is 9.78 Å². The fourth-order valence-electron chi connectivity index (χ4n) is 2.76.